The molecule has 0 radical (unpaired) electrons. The standard InChI is InChI=1S/C29H44N4O2/c1-28(2,3)26(34)33-20-10-11-21(33)19-22(18-20)32-16-14-29(15-17-32)13-12-25(30-27(35)31(4)5)23-8-6-7-9-24(23)29/h6-9,20-22,25H,10-19H2,1-5H3,(H,30,35)/t20?,21?,22?,25-/m1/s1. The number of urea groups is 1. The average Bonchev–Trinajstić information content (AvgIpc) is 3.09. The molecule has 3 fully saturated rings. The molecule has 1 spiro atoms. The lowest BCUT2D eigenvalue weighted by Crippen LogP contribution is -2.57. The molecular formula is C29H44N4O2. The van der Waals surface area contributed by atoms with Gasteiger partial charge in [0.25, 0.3) is 0 Å². The molecule has 0 aromatic heterocycles. The van der Waals surface area contributed by atoms with E-state index in [1.54, 1.807) is 19.0 Å². The summed E-state index contributed by atoms with van der Waals surface area (Å²) in [6.45, 7) is 8.46. The van der Waals surface area contributed by atoms with Crippen molar-refractivity contribution in [3.63, 3.8) is 0 Å². The third-order valence-corrected chi connectivity index (χ3v) is 9.38. The third kappa shape index (κ3) is 4.47. The van der Waals surface area contributed by atoms with Crippen LogP contribution < -0.4 is 5.32 Å². The molecule has 2 unspecified atom stereocenters. The molecule has 3 aliphatic heterocycles. The predicted octanol–water partition coefficient (Wildman–Crippen LogP) is 4.69. The number of benzene rings is 1. The number of fused-ring (bicyclic) bond motifs is 4. The summed E-state index contributed by atoms with van der Waals surface area (Å²) in [5.74, 6) is 0.343. The predicted molar refractivity (Wildman–Crippen MR) is 139 cm³/mol. The molecule has 5 rings (SSSR count). The smallest absolute Gasteiger partial charge is 0.317 e. The van der Waals surface area contributed by atoms with Crippen molar-refractivity contribution in [2.45, 2.75) is 102 Å². The lowest BCUT2D eigenvalue weighted by molar-refractivity contribution is -0.145. The quantitative estimate of drug-likeness (QED) is 0.668. The Labute approximate surface area is 211 Å². The van der Waals surface area contributed by atoms with Crippen LogP contribution in [0.4, 0.5) is 4.79 Å². The highest BCUT2D eigenvalue weighted by atomic mass is 16.2. The molecule has 1 aliphatic carbocycles. The molecule has 35 heavy (non-hydrogen) atoms. The Kier molecular flexibility index (Phi) is 6.40. The molecule has 3 atom stereocenters. The van der Waals surface area contributed by atoms with Crippen molar-refractivity contribution in [2.75, 3.05) is 27.2 Å². The summed E-state index contributed by atoms with van der Waals surface area (Å²) in [6, 6.07) is 10.4. The minimum atomic E-state index is -0.288. The molecule has 3 heterocycles. The van der Waals surface area contributed by atoms with E-state index in [9.17, 15) is 9.59 Å². The largest absolute Gasteiger partial charge is 0.336 e. The van der Waals surface area contributed by atoms with Crippen LogP contribution in [-0.2, 0) is 10.2 Å². The normalized spacial score (nSPS) is 30.1. The second kappa shape index (κ2) is 9.10. The zero-order valence-electron chi connectivity index (χ0n) is 22.3. The second-order valence-electron chi connectivity index (χ2n) is 12.8. The number of carbonyl (C=O) groups is 2. The number of nitrogens with zero attached hydrogens (tertiary/aromatic N) is 3. The highest BCUT2D eigenvalue weighted by Crippen LogP contribution is 2.49. The summed E-state index contributed by atoms with van der Waals surface area (Å²) in [5.41, 5.74) is 2.72. The molecule has 6 heteroatoms. The number of hydrogen-bond acceptors (Lipinski definition) is 3. The molecule has 0 saturated carbocycles. The van der Waals surface area contributed by atoms with Gasteiger partial charge >= 0.3 is 6.03 Å². The molecule has 3 amide bonds. The highest BCUT2D eigenvalue weighted by Gasteiger charge is 2.49. The third-order valence-electron chi connectivity index (χ3n) is 9.38. The van der Waals surface area contributed by atoms with Crippen molar-refractivity contribution in [1.29, 1.82) is 0 Å². The van der Waals surface area contributed by atoms with Crippen molar-refractivity contribution in [1.82, 2.24) is 20.0 Å². The van der Waals surface area contributed by atoms with E-state index in [4.69, 9.17) is 0 Å². The molecule has 1 N–H and O–H groups in total. The van der Waals surface area contributed by atoms with E-state index >= 15 is 0 Å². The van der Waals surface area contributed by atoms with Crippen LogP contribution in [0.15, 0.2) is 24.3 Å². The van der Waals surface area contributed by atoms with Gasteiger partial charge in [-0.05, 0) is 81.0 Å². The number of likely N-dealkylation sites (tertiary alicyclic amines) is 1. The van der Waals surface area contributed by atoms with Gasteiger partial charge in [0.2, 0.25) is 5.91 Å². The Hall–Kier alpha value is -2.08. The Morgan fingerprint density at radius 2 is 1.57 bits per heavy atom. The lowest BCUT2D eigenvalue weighted by Gasteiger charge is -2.51. The summed E-state index contributed by atoms with van der Waals surface area (Å²) in [7, 11) is 3.61. The number of rotatable bonds is 2. The van der Waals surface area contributed by atoms with E-state index in [1.807, 2.05) is 0 Å². The number of amides is 3. The van der Waals surface area contributed by atoms with Gasteiger partial charge in [-0.1, -0.05) is 45.0 Å². The summed E-state index contributed by atoms with van der Waals surface area (Å²) in [4.78, 5) is 32.1. The molecule has 6 nitrogen and oxygen atoms in total. The van der Waals surface area contributed by atoms with Gasteiger partial charge in [-0.3, -0.25) is 4.79 Å². The number of nitrogens with one attached hydrogen (secondary N) is 1. The van der Waals surface area contributed by atoms with E-state index in [0.29, 0.717) is 24.0 Å². The van der Waals surface area contributed by atoms with E-state index in [0.717, 1.165) is 38.8 Å². The molecule has 1 aromatic carbocycles. The Morgan fingerprint density at radius 1 is 0.943 bits per heavy atom. The first-order valence-corrected chi connectivity index (χ1v) is 13.7. The van der Waals surface area contributed by atoms with Gasteiger partial charge in [0.1, 0.15) is 0 Å². The fraction of sp³-hybridized carbons (Fsp3) is 0.724. The van der Waals surface area contributed by atoms with Gasteiger partial charge in [0.15, 0.2) is 0 Å². The fourth-order valence-corrected chi connectivity index (χ4v) is 7.42. The van der Waals surface area contributed by atoms with Crippen molar-refractivity contribution in [3.8, 4) is 0 Å². The van der Waals surface area contributed by atoms with Gasteiger partial charge in [-0.15, -0.1) is 0 Å². The molecule has 2 bridgehead atoms. The average molecular weight is 481 g/mol. The van der Waals surface area contributed by atoms with Crippen molar-refractivity contribution in [2.24, 2.45) is 5.41 Å². The second-order valence-corrected chi connectivity index (χ2v) is 12.8. The van der Waals surface area contributed by atoms with Crippen molar-refractivity contribution < 1.29 is 9.59 Å². The fourth-order valence-electron chi connectivity index (χ4n) is 7.42. The van der Waals surface area contributed by atoms with Gasteiger partial charge in [-0.25, -0.2) is 4.79 Å². The van der Waals surface area contributed by atoms with E-state index < -0.39 is 0 Å². The highest BCUT2D eigenvalue weighted by molar-refractivity contribution is 5.82. The summed E-state index contributed by atoms with van der Waals surface area (Å²) in [6.07, 6.45) is 9.15. The first-order valence-electron chi connectivity index (χ1n) is 13.7. The number of hydrogen-bond donors (Lipinski definition) is 1. The van der Waals surface area contributed by atoms with Crippen molar-refractivity contribution in [3.05, 3.63) is 35.4 Å². The molecule has 192 valence electrons. The minimum absolute atomic E-state index is 0.0125. The maximum atomic E-state index is 13.1. The Balaban J connectivity index is 1.26. The van der Waals surface area contributed by atoms with Gasteiger partial charge < -0.3 is 20.0 Å². The van der Waals surface area contributed by atoms with Crippen LogP contribution in [0.2, 0.25) is 0 Å². The summed E-state index contributed by atoms with van der Waals surface area (Å²) in [5, 5.41) is 3.24. The van der Waals surface area contributed by atoms with Crippen LogP contribution in [0.5, 0.6) is 0 Å². The van der Waals surface area contributed by atoms with Crippen molar-refractivity contribution >= 4 is 11.9 Å². The molecular weight excluding hydrogens is 436 g/mol. The zero-order valence-corrected chi connectivity index (χ0v) is 22.3. The van der Waals surface area contributed by atoms with Gasteiger partial charge in [0, 0.05) is 37.6 Å². The summed E-state index contributed by atoms with van der Waals surface area (Å²) >= 11 is 0. The molecule has 3 saturated heterocycles. The maximum Gasteiger partial charge on any atom is 0.317 e. The van der Waals surface area contributed by atoms with Gasteiger partial charge in [-0.2, -0.15) is 0 Å². The Morgan fingerprint density at radius 3 is 2.17 bits per heavy atom. The first kappa shape index (κ1) is 24.6. The number of carbonyl (C=O) groups excluding carboxylic acids is 2. The van der Waals surface area contributed by atoms with E-state index in [2.05, 4.69) is 60.2 Å². The van der Waals surface area contributed by atoms with Crippen LogP contribution in [0.3, 0.4) is 0 Å². The number of piperidine rings is 2. The van der Waals surface area contributed by atoms with Crippen LogP contribution in [0.25, 0.3) is 0 Å². The topological polar surface area (TPSA) is 55.9 Å². The van der Waals surface area contributed by atoms with Crippen LogP contribution in [-0.4, -0.2) is 71.9 Å². The lowest BCUT2D eigenvalue weighted by atomic mass is 9.63. The first-order chi connectivity index (χ1) is 16.6. The van der Waals surface area contributed by atoms with E-state index in [-0.39, 0.29) is 22.9 Å². The van der Waals surface area contributed by atoms with E-state index in [1.165, 1.54) is 36.8 Å². The van der Waals surface area contributed by atoms with Gasteiger partial charge in [0.05, 0.1) is 6.04 Å². The Bertz CT molecular complexity index is 946. The SMILES string of the molecule is CN(C)C(=O)N[C@@H]1CCC2(CCN(C3CC4CCC(C3)N4C(=O)C(C)(C)C)CC2)c2ccccc21. The maximum absolute atomic E-state index is 13.1. The molecule has 1 aromatic rings. The monoisotopic (exact) mass is 480 g/mol. The molecule has 4 aliphatic rings. The zero-order chi connectivity index (χ0) is 25.0. The van der Waals surface area contributed by atoms with Crippen LogP contribution in [0, 0.1) is 5.41 Å². The minimum Gasteiger partial charge on any atom is -0.336 e. The van der Waals surface area contributed by atoms with Crippen LogP contribution in [0.1, 0.15) is 89.3 Å². The van der Waals surface area contributed by atoms with Crippen LogP contribution >= 0.6 is 0 Å². The summed E-state index contributed by atoms with van der Waals surface area (Å²) < 4.78 is 0.